The summed E-state index contributed by atoms with van der Waals surface area (Å²) in [4.78, 5) is 4.10. The minimum atomic E-state index is -5.25. The molecule has 0 unspecified atom stereocenters. The van der Waals surface area contributed by atoms with Gasteiger partial charge in [0.1, 0.15) is 12.4 Å². The molecule has 2 rings (SSSR count). The molecule has 0 amide bonds. The van der Waals surface area contributed by atoms with E-state index in [1.807, 2.05) is 31.2 Å². The summed E-state index contributed by atoms with van der Waals surface area (Å²) >= 11 is 0. The van der Waals surface area contributed by atoms with Gasteiger partial charge in [-0.3, -0.25) is 4.99 Å². The van der Waals surface area contributed by atoms with E-state index in [0.29, 0.717) is 42.8 Å². The van der Waals surface area contributed by atoms with E-state index in [0.717, 1.165) is 11.3 Å². The number of hydrogen-bond donors (Lipinski definition) is 2. The van der Waals surface area contributed by atoms with E-state index in [-0.39, 0.29) is 43.0 Å². The van der Waals surface area contributed by atoms with Crippen molar-refractivity contribution in [1.82, 2.24) is 14.9 Å². The smallest absolute Gasteiger partial charge is 0.492 e. The highest BCUT2D eigenvalue weighted by Gasteiger charge is 2.50. The van der Waals surface area contributed by atoms with Crippen LogP contribution in [0.4, 0.5) is 13.2 Å². The number of benzene rings is 1. The number of piperidine rings is 1. The van der Waals surface area contributed by atoms with Crippen molar-refractivity contribution in [3.8, 4) is 5.75 Å². The van der Waals surface area contributed by atoms with E-state index in [4.69, 9.17) is 4.74 Å². The highest BCUT2D eigenvalue weighted by atomic mass is 127. The van der Waals surface area contributed by atoms with Gasteiger partial charge in [0.25, 0.3) is 0 Å². The second-order valence-corrected chi connectivity index (χ2v) is 8.76. The third-order valence-corrected chi connectivity index (χ3v) is 6.30. The van der Waals surface area contributed by atoms with Crippen LogP contribution >= 0.6 is 24.0 Å². The molecular formula is C18H28F3IN4O3S. The molecule has 0 radical (unpaired) electrons. The SMILES string of the molecule is CN=C(NCCOc1ccc(C)cc1)NCC1CCN(S(=O)(=O)C(F)(F)F)CC1.I. The molecule has 1 heterocycles. The summed E-state index contributed by atoms with van der Waals surface area (Å²) in [6, 6.07) is 7.73. The van der Waals surface area contributed by atoms with E-state index < -0.39 is 15.5 Å². The van der Waals surface area contributed by atoms with Gasteiger partial charge in [-0.2, -0.15) is 17.5 Å². The number of halogens is 4. The van der Waals surface area contributed by atoms with Gasteiger partial charge in [-0.15, -0.1) is 24.0 Å². The average Bonchev–Trinajstić information content (AvgIpc) is 2.68. The van der Waals surface area contributed by atoms with Crippen LogP contribution in [0.1, 0.15) is 18.4 Å². The molecule has 1 fully saturated rings. The fraction of sp³-hybridized carbons (Fsp3) is 0.611. The number of aliphatic imine (C=N–C) groups is 1. The van der Waals surface area contributed by atoms with Crippen molar-refractivity contribution in [2.75, 3.05) is 39.8 Å². The molecule has 1 aliphatic heterocycles. The predicted molar refractivity (Wildman–Crippen MR) is 121 cm³/mol. The molecule has 1 aromatic carbocycles. The molecule has 0 aromatic heterocycles. The Kier molecular flexibility index (Phi) is 10.6. The summed E-state index contributed by atoms with van der Waals surface area (Å²) in [5.74, 6) is 1.40. The monoisotopic (exact) mass is 564 g/mol. The van der Waals surface area contributed by atoms with Gasteiger partial charge in [0.05, 0.1) is 6.54 Å². The number of guanidine groups is 1. The number of nitrogens with one attached hydrogen (secondary N) is 2. The lowest BCUT2D eigenvalue weighted by Gasteiger charge is -2.31. The minimum Gasteiger partial charge on any atom is -0.492 e. The Morgan fingerprint density at radius 3 is 2.33 bits per heavy atom. The Bertz CT molecular complexity index is 781. The molecular weight excluding hydrogens is 536 g/mol. The highest BCUT2D eigenvalue weighted by molar-refractivity contribution is 14.0. The van der Waals surface area contributed by atoms with E-state index in [2.05, 4.69) is 15.6 Å². The van der Waals surface area contributed by atoms with Crippen molar-refractivity contribution in [3.05, 3.63) is 29.8 Å². The molecule has 0 spiro atoms. The number of alkyl halides is 3. The van der Waals surface area contributed by atoms with Gasteiger partial charge in [0.15, 0.2) is 5.96 Å². The quantitative estimate of drug-likeness (QED) is 0.231. The number of ether oxygens (including phenoxy) is 1. The van der Waals surface area contributed by atoms with Crippen LogP contribution in [0.2, 0.25) is 0 Å². The topological polar surface area (TPSA) is 83.0 Å². The number of nitrogens with zero attached hydrogens (tertiary/aromatic N) is 2. The third-order valence-electron chi connectivity index (χ3n) is 4.67. The molecule has 7 nitrogen and oxygen atoms in total. The summed E-state index contributed by atoms with van der Waals surface area (Å²) in [6.45, 7) is 3.20. The maximum absolute atomic E-state index is 12.6. The minimum absolute atomic E-state index is 0. The fourth-order valence-electron chi connectivity index (χ4n) is 2.93. The average molecular weight is 564 g/mol. The van der Waals surface area contributed by atoms with Crippen LogP contribution in [0, 0.1) is 12.8 Å². The normalized spacial score (nSPS) is 16.6. The molecule has 0 atom stereocenters. The van der Waals surface area contributed by atoms with E-state index in [1.54, 1.807) is 7.05 Å². The highest BCUT2D eigenvalue weighted by Crippen LogP contribution is 2.30. The Labute approximate surface area is 192 Å². The maximum atomic E-state index is 12.6. The lowest BCUT2D eigenvalue weighted by molar-refractivity contribution is -0.0496. The summed E-state index contributed by atoms with van der Waals surface area (Å²) in [7, 11) is -3.62. The largest absolute Gasteiger partial charge is 0.511 e. The second-order valence-electron chi connectivity index (χ2n) is 6.83. The first-order chi connectivity index (χ1) is 13.6. The first-order valence-corrected chi connectivity index (χ1v) is 10.8. The maximum Gasteiger partial charge on any atom is 0.511 e. The summed E-state index contributed by atoms with van der Waals surface area (Å²) < 4.78 is 66.8. The first kappa shape index (κ1) is 26.8. The molecule has 1 saturated heterocycles. The van der Waals surface area contributed by atoms with Crippen molar-refractivity contribution >= 4 is 40.0 Å². The lowest BCUT2D eigenvalue weighted by Crippen LogP contribution is -2.47. The molecule has 12 heteroatoms. The molecule has 172 valence electrons. The van der Waals surface area contributed by atoms with Crippen LogP contribution in [0.25, 0.3) is 0 Å². The molecule has 1 aliphatic rings. The predicted octanol–water partition coefficient (Wildman–Crippen LogP) is 2.72. The van der Waals surface area contributed by atoms with Crippen molar-refractivity contribution in [3.63, 3.8) is 0 Å². The zero-order valence-corrected chi connectivity index (χ0v) is 20.1. The molecule has 30 heavy (non-hydrogen) atoms. The Hall–Kier alpha value is -1.28. The molecule has 1 aromatic rings. The summed E-state index contributed by atoms with van der Waals surface area (Å²) in [6.07, 6.45) is 0.714. The van der Waals surface area contributed by atoms with Crippen LogP contribution in [0.3, 0.4) is 0 Å². The summed E-state index contributed by atoms with van der Waals surface area (Å²) in [5, 5.41) is 6.22. The first-order valence-electron chi connectivity index (χ1n) is 9.34. The van der Waals surface area contributed by atoms with Gasteiger partial charge in [-0.05, 0) is 37.8 Å². The van der Waals surface area contributed by atoms with Gasteiger partial charge >= 0.3 is 15.5 Å². The van der Waals surface area contributed by atoms with Crippen LogP contribution in [0.5, 0.6) is 5.75 Å². The van der Waals surface area contributed by atoms with E-state index >= 15 is 0 Å². The van der Waals surface area contributed by atoms with E-state index in [9.17, 15) is 21.6 Å². The van der Waals surface area contributed by atoms with Crippen LogP contribution in [-0.4, -0.2) is 64.0 Å². The van der Waals surface area contributed by atoms with Gasteiger partial charge < -0.3 is 15.4 Å². The Morgan fingerprint density at radius 1 is 1.20 bits per heavy atom. The van der Waals surface area contributed by atoms with Gasteiger partial charge in [0.2, 0.25) is 0 Å². The summed E-state index contributed by atoms with van der Waals surface area (Å²) in [5.41, 5.74) is -4.09. The zero-order chi connectivity index (χ0) is 21.5. The molecule has 0 aliphatic carbocycles. The van der Waals surface area contributed by atoms with Gasteiger partial charge in [0, 0.05) is 26.7 Å². The van der Waals surface area contributed by atoms with Crippen LogP contribution in [-0.2, 0) is 10.0 Å². The molecule has 2 N–H and O–H groups in total. The van der Waals surface area contributed by atoms with E-state index in [1.165, 1.54) is 0 Å². The second kappa shape index (κ2) is 11.9. The van der Waals surface area contributed by atoms with Gasteiger partial charge in [-0.1, -0.05) is 17.7 Å². The van der Waals surface area contributed by atoms with Crippen LogP contribution < -0.4 is 15.4 Å². The standard InChI is InChI=1S/C18H27F3N4O3S.HI/c1-14-3-5-16(6-4-14)28-12-9-23-17(22-2)24-13-15-7-10-25(11-8-15)29(26,27)18(19,20)21;/h3-6,15H,7-13H2,1-2H3,(H2,22,23,24);1H. The van der Waals surface area contributed by atoms with Crippen LogP contribution in [0.15, 0.2) is 29.3 Å². The Balaban J connectivity index is 0.00000450. The lowest BCUT2D eigenvalue weighted by atomic mass is 9.98. The number of rotatable bonds is 7. The zero-order valence-electron chi connectivity index (χ0n) is 16.9. The number of aryl methyl sites for hydroxylation is 1. The number of sulfonamides is 1. The molecule has 0 bridgehead atoms. The molecule has 0 saturated carbocycles. The van der Waals surface area contributed by atoms with Crippen molar-refractivity contribution in [2.24, 2.45) is 10.9 Å². The Morgan fingerprint density at radius 2 is 1.80 bits per heavy atom. The fourth-order valence-corrected chi connectivity index (χ4v) is 3.92. The number of hydrogen-bond acceptors (Lipinski definition) is 4. The van der Waals surface area contributed by atoms with Crippen molar-refractivity contribution in [1.29, 1.82) is 0 Å². The van der Waals surface area contributed by atoms with Gasteiger partial charge in [-0.25, -0.2) is 8.42 Å². The van der Waals surface area contributed by atoms with Crippen molar-refractivity contribution < 1.29 is 26.3 Å². The van der Waals surface area contributed by atoms with Crippen molar-refractivity contribution in [2.45, 2.75) is 25.3 Å². The third kappa shape index (κ3) is 7.76.